The topological polar surface area (TPSA) is 77.6 Å². The second kappa shape index (κ2) is 8.03. The van der Waals surface area contributed by atoms with Gasteiger partial charge in [-0.15, -0.1) is 0 Å². The van der Waals surface area contributed by atoms with Crippen LogP contribution in [0, 0.1) is 17.5 Å². The molecule has 1 aromatic carbocycles. The highest BCUT2D eigenvalue weighted by Crippen LogP contribution is 2.41. The molecule has 0 amide bonds. The normalized spacial score (nSPS) is 21.4. The standard InChI is InChI=1S/C19H14ClF6N3O2/c1-18(6-14(19(24,25)26)31-17(27)29-18)10-2-8(3-11(21)15(10)23)4-13(30)16-12(22)5-9(20)7-28-16/h2-3,5,7,14H,4,6H2,1H3,(H2,27,29)/t14-,18-/m0/s1. The van der Waals surface area contributed by atoms with Crippen LogP contribution in [0.25, 0.3) is 0 Å². The maximum absolute atomic E-state index is 14.6. The number of aliphatic imine (C=N–C) groups is 1. The van der Waals surface area contributed by atoms with Gasteiger partial charge in [-0.25, -0.2) is 23.1 Å². The molecule has 0 aliphatic carbocycles. The molecule has 1 aliphatic heterocycles. The van der Waals surface area contributed by atoms with Gasteiger partial charge in [-0.05, 0) is 30.7 Å². The van der Waals surface area contributed by atoms with Crippen LogP contribution in [0.1, 0.15) is 35.0 Å². The van der Waals surface area contributed by atoms with E-state index in [0.717, 1.165) is 25.3 Å². The number of alkyl halides is 3. The third-order valence-electron chi connectivity index (χ3n) is 4.67. The van der Waals surface area contributed by atoms with Gasteiger partial charge in [0.05, 0.1) is 10.6 Å². The third kappa shape index (κ3) is 4.76. The Morgan fingerprint density at radius 1 is 1.26 bits per heavy atom. The first-order chi connectivity index (χ1) is 14.3. The van der Waals surface area contributed by atoms with E-state index >= 15 is 0 Å². The molecule has 0 saturated heterocycles. The summed E-state index contributed by atoms with van der Waals surface area (Å²) in [7, 11) is 0. The van der Waals surface area contributed by atoms with Gasteiger partial charge in [0.2, 0.25) is 0 Å². The van der Waals surface area contributed by atoms with Crippen LogP contribution in [0.2, 0.25) is 5.02 Å². The summed E-state index contributed by atoms with van der Waals surface area (Å²) in [6, 6.07) is 1.68. The van der Waals surface area contributed by atoms with Gasteiger partial charge in [-0.2, -0.15) is 13.2 Å². The largest absolute Gasteiger partial charge is 0.452 e. The van der Waals surface area contributed by atoms with E-state index in [9.17, 15) is 31.1 Å². The van der Waals surface area contributed by atoms with Crippen molar-refractivity contribution in [2.75, 3.05) is 0 Å². The fraction of sp³-hybridized carbons (Fsp3) is 0.316. The zero-order valence-electron chi connectivity index (χ0n) is 15.7. The van der Waals surface area contributed by atoms with Crippen molar-refractivity contribution in [1.82, 2.24) is 4.98 Å². The van der Waals surface area contributed by atoms with Crippen molar-refractivity contribution in [1.29, 1.82) is 0 Å². The van der Waals surface area contributed by atoms with Crippen LogP contribution in [0.3, 0.4) is 0 Å². The number of ketones is 1. The highest BCUT2D eigenvalue weighted by atomic mass is 35.5. The van der Waals surface area contributed by atoms with E-state index < -0.39 is 71.2 Å². The van der Waals surface area contributed by atoms with E-state index in [0.29, 0.717) is 6.07 Å². The number of rotatable bonds is 4. The number of nitrogens with two attached hydrogens (primary N) is 1. The van der Waals surface area contributed by atoms with Crippen LogP contribution in [0.4, 0.5) is 26.3 Å². The SMILES string of the molecule is C[C@@]1(c2cc(CC(=O)c3ncc(Cl)cc3F)cc(F)c2F)C[C@@H](C(F)(F)F)OC(N)=N1. The summed E-state index contributed by atoms with van der Waals surface area (Å²) in [4.78, 5) is 19.7. The molecule has 5 nitrogen and oxygen atoms in total. The zero-order chi connectivity index (χ0) is 23.1. The molecule has 1 aliphatic rings. The number of hydrogen-bond donors (Lipinski definition) is 1. The predicted molar refractivity (Wildman–Crippen MR) is 98.1 cm³/mol. The number of hydrogen-bond acceptors (Lipinski definition) is 5. The Kier molecular flexibility index (Phi) is 5.92. The van der Waals surface area contributed by atoms with E-state index in [1.807, 2.05) is 0 Å². The summed E-state index contributed by atoms with van der Waals surface area (Å²) in [5, 5.41) is -0.0497. The number of Topliss-reactive ketones (excluding diaryl/α,β-unsaturated/α-hetero) is 1. The quantitative estimate of drug-likeness (QED) is 0.534. The fourth-order valence-corrected chi connectivity index (χ4v) is 3.39. The Labute approximate surface area is 176 Å². The Morgan fingerprint density at radius 2 is 1.94 bits per heavy atom. The summed E-state index contributed by atoms with van der Waals surface area (Å²) < 4.78 is 86.7. The average Bonchev–Trinajstić information content (AvgIpc) is 2.62. The highest BCUT2D eigenvalue weighted by molar-refractivity contribution is 6.30. The maximum Gasteiger partial charge on any atom is 0.425 e. The van der Waals surface area contributed by atoms with Crippen molar-refractivity contribution in [3.8, 4) is 0 Å². The van der Waals surface area contributed by atoms with Crippen LogP contribution in [-0.4, -0.2) is 29.1 Å². The molecule has 12 heteroatoms. The Balaban J connectivity index is 1.99. The lowest BCUT2D eigenvalue weighted by molar-refractivity contribution is -0.208. The first-order valence-corrected chi connectivity index (χ1v) is 9.09. The first-order valence-electron chi connectivity index (χ1n) is 8.71. The number of pyridine rings is 1. The third-order valence-corrected chi connectivity index (χ3v) is 4.88. The lowest BCUT2D eigenvalue weighted by Gasteiger charge is -2.36. The van der Waals surface area contributed by atoms with E-state index in [-0.39, 0.29) is 10.6 Å². The second-order valence-electron chi connectivity index (χ2n) is 7.10. The van der Waals surface area contributed by atoms with E-state index in [2.05, 4.69) is 14.7 Å². The second-order valence-corrected chi connectivity index (χ2v) is 7.54. The van der Waals surface area contributed by atoms with E-state index in [4.69, 9.17) is 17.3 Å². The predicted octanol–water partition coefficient (Wildman–Crippen LogP) is 4.46. The fourth-order valence-electron chi connectivity index (χ4n) is 3.24. The van der Waals surface area contributed by atoms with Gasteiger partial charge < -0.3 is 10.5 Å². The van der Waals surface area contributed by atoms with E-state index in [1.54, 1.807) is 0 Å². The molecule has 0 fully saturated rings. The molecule has 0 unspecified atom stereocenters. The monoisotopic (exact) mass is 465 g/mol. The molecule has 0 saturated carbocycles. The number of benzene rings is 1. The molecule has 0 bridgehead atoms. The Morgan fingerprint density at radius 3 is 2.55 bits per heavy atom. The van der Waals surface area contributed by atoms with Crippen molar-refractivity contribution in [2.45, 2.75) is 37.6 Å². The molecule has 3 rings (SSSR count). The Bertz CT molecular complexity index is 1080. The molecular formula is C19H14ClF6N3O2. The van der Waals surface area contributed by atoms with Crippen molar-refractivity contribution >= 4 is 23.4 Å². The van der Waals surface area contributed by atoms with Gasteiger partial charge in [-0.3, -0.25) is 4.79 Å². The zero-order valence-corrected chi connectivity index (χ0v) is 16.5. The van der Waals surface area contributed by atoms with E-state index in [1.165, 1.54) is 0 Å². The molecule has 1 aromatic heterocycles. The van der Waals surface area contributed by atoms with Crippen LogP contribution in [0.5, 0.6) is 0 Å². The molecule has 2 N–H and O–H groups in total. The van der Waals surface area contributed by atoms with Crippen molar-refractivity contribution in [3.05, 3.63) is 63.7 Å². The number of carbonyl (C=O) groups is 1. The maximum atomic E-state index is 14.6. The molecule has 2 heterocycles. The summed E-state index contributed by atoms with van der Waals surface area (Å²) in [5.74, 6) is -4.76. The molecule has 166 valence electrons. The molecule has 0 spiro atoms. The summed E-state index contributed by atoms with van der Waals surface area (Å²) in [6.07, 6.45) is -7.67. The number of amidine groups is 1. The van der Waals surface area contributed by atoms with Gasteiger partial charge in [-0.1, -0.05) is 11.6 Å². The minimum Gasteiger partial charge on any atom is -0.452 e. The summed E-state index contributed by atoms with van der Waals surface area (Å²) in [5.41, 5.74) is 2.15. The van der Waals surface area contributed by atoms with Crippen LogP contribution in [-0.2, 0) is 16.7 Å². The van der Waals surface area contributed by atoms with Gasteiger partial charge in [0.25, 0.3) is 6.02 Å². The van der Waals surface area contributed by atoms with Crippen molar-refractivity contribution < 1.29 is 35.9 Å². The number of halogens is 7. The summed E-state index contributed by atoms with van der Waals surface area (Å²) in [6.45, 7) is 1.13. The average molecular weight is 466 g/mol. The van der Waals surface area contributed by atoms with Crippen LogP contribution in [0.15, 0.2) is 29.4 Å². The minimum absolute atomic E-state index is 0.0497. The summed E-state index contributed by atoms with van der Waals surface area (Å²) >= 11 is 5.58. The van der Waals surface area contributed by atoms with Crippen LogP contribution < -0.4 is 5.73 Å². The number of ether oxygens (including phenoxy) is 1. The van der Waals surface area contributed by atoms with Gasteiger partial charge in [0.1, 0.15) is 5.69 Å². The molecule has 0 radical (unpaired) electrons. The van der Waals surface area contributed by atoms with Gasteiger partial charge in [0.15, 0.2) is 29.3 Å². The first kappa shape index (κ1) is 22.9. The van der Waals surface area contributed by atoms with Gasteiger partial charge in [0, 0.05) is 24.6 Å². The number of aromatic nitrogens is 1. The molecular weight excluding hydrogens is 452 g/mol. The lowest BCUT2D eigenvalue weighted by Crippen LogP contribution is -2.46. The smallest absolute Gasteiger partial charge is 0.425 e. The molecule has 2 atom stereocenters. The highest BCUT2D eigenvalue weighted by Gasteiger charge is 2.50. The van der Waals surface area contributed by atoms with Crippen molar-refractivity contribution in [2.24, 2.45) is 10.7 Å². The minimum atomic E-state index is -4.83. The lowest BCUT2D eigenvalue weighted by atomic mass is 9.84. The van der Waals surface area contributed by atoms with Crippen molar-refractivity contribution in [3.63, 3.8) is 0 Å². The molecule has 2 aromatic rings. The van der Waals surface area contributed by atoms with Crippen LogP contribution >= 0.6 is 11.6 Å². The molecule has 31 heavy (non-hydrogen) atoms. The van der Waals surface area contributed by atoms with Gasteiger partial charge >= 0.3 is 6.18 Å². The number of nitrogens with zero attached hydrogens (tertiary/aromatic N) is 2. The number of carbonyl (C=O) groups excluding carboxylic acids is 1. The Hall–Kier alpha value is -2.82.